The number of hydrogen-bond donors (Lipinski definition) is 2. The van der Waals surface area contributed by atoms with Crippen LogP contribution in [0.25, 0.3) is 11.6 Å². The van der Waals surface area contributed by atoms with Crippen molar-refractivity contribution in [1.29, 1.82) is 0 Å². The Morgan fingerprint density at radius 2 is 2.16 bits per heavy atom. The molecule has 25 heavy (non-hydrogen) atoms. The average molecular weight is 341 g/mol. The summed E-state index contributed by atoms with van der Waals surface area (Å²) >= 11 is 0. The summed E-state index contributed by atoms with van der Waals surface area (Å²) in [6.45, 7) is 2.24. The quantitative estimate of drug-likeness (QED) is 0.717. The van der Waals surface area contributed by atoms with Gasteiger partial charge in [0.2, 0.25) is 5.82 Å². The summed E-state index contributed by atoms with van der Waals surface area (Å²) in [6, 6.07) is 7.29. The minimum atomic E-state index is -0.137. The SMILES string of the molecule is C[C@H](c1ccco1)N(C(=O)NCc1nc(-c2ccco2)n[nH]1)C1CC1. The molecule has 0 aromatic carbocycles. The van der Waals surface area contributed by atoms with Gasteiger partial charge in [-0.1, -0.05) is 0 Å². The van der Waals surface area contributed by atoms with Gasteiger partial charge in [-0.05, 0) is 44.0 Å². The number of carbonyl (C=O) groups excluding carboxylic acids is 1. The molecule has 0 saturated heterocycles. The molecule has 2 N–H and O–H groups in total. The van der Waals surface area contributed by atoms with Crippen molar-refractivity contribution in [2.24, 2.45) is 0 Å². The summed E-state index contributed by atoms with van der Waals surface area (Å²) in [4.78, 5) is 18.8. The molecule has 1 saturated carbocycles. The largest absolute Gasteiger partial charge is 0.467 e. The number of urea groups is 1. The molecule has 3 heterocycles. The molecular formula is C17H19N5O3. The van der Waals surface area contributed by atoms with Crippen LogP contribution in [0.4, 0.5) is 4.79 Å². The van der Waals surface area contributed by atoms with Crippen LogP contribution in [0.1, 0.15) is 37.4 Å². The normalized spacial score (nSPS) is 15.1. The fourth-order valence-electron chi connectivity index (χ4n) is 2.82. The molecule has 0 aliphatic heterocycles. The number of nitrogens with one attached hydrogen (secondary N) is 2. The highest BCUT2D eigenvalue weighted by molar-refractivity contribution is 5.75. The number of nitrogens with zero attached hydrogens (tertiary/aromatic N) is 3. The van der Waals surface area contributed by atoms with Crippen LogP contribution in [0, 0.1) is 0 Å². The predicted octanol–water partition coefficient (Wildman–Crippen LogP) is 3.09. The molecule has 3 aromatic heterocycles. The van der Waals surface area contributed by atoms with E-state index in [2.05, 4.69) is 20.5 Å². The number of rotatable bonds is 6. The van der Waals surface area contributed by atoms with Crippen molar-refractivity contribution in [3.63, 3.8) is 0 Å². The van der Waals surface area contributed by atoms with Gasteiger partial charge in [0.05, 0.1) is 25.1 Å². The molecule has 1 atom stereocenters. The number of H-pyrrole nitrogens is 1. The first-order chi connectivity index (χ1) is 12.2. The first kappa shape index (κ1) is 15.5. The van der Waals surface area contributed by atoms with Gasteiger partial charge in [0.25, 0.3) is 0 Å². The Morgan fingerprint density at radius 1 is 1.36 bits per heavy atom. The molecular weight excluding hydrogens is 322 g/mol. The second kappa shape index (κ2) is 6.46. The van der Waals surface area contributed by atoms with Crippen LogP contribution in [-0.4, -0.2) is 32.2 Å². The number of carbonyl (C=O) groups is 1. The summed E-state index contributed by atoms with van der Waals surface area (Å²) in [5.74, 6) is 2.40. The van der Waals surface area contributed by atoms with Crippen LogP contribution < -0.4 is 5.32 Å². The van der Waals surface area contributed by atoms with Gasteiger partial charge in [0.15, 0.2) is 5.76 Å². The summed E-state index contributed by atoms with van der Waals surface area (Å²) in [6.07, 6.45) is 5.23. The van der Waals surface area contributed by atoms with E-state index < -0.39 is 0 Å². The third-order valence-electron chi connectivity index (χ3n) is 4.23. The molecule has 0 unspecified atom stereocenters. The lowest BCUT2D eigenvalue weighted by atomic mass is 10.2. The number of furan rings is 2. The van der Waals surface area contributed by atoms with Gasteiger partial charge in [-0.15, -0.1) is 5.10 Å². The van der Waals surface area contributed by atoms with Crippen LogP contribution in [0.15, 0.2) is 45.6 Å². The smallest absolute Gasteiger partial charge is 0.318 e. The summed E-state index contributed by atoms with van der Waals surface area (Å²) < 4.78 is 10.7. The second-order valence-corrected chi connectivity index (χ2v) is 6.07. The molecule has 0 bridgehead atoms. The number of aromatic nitrogens is 3. The molecule has 2 amide bonds. The molecule has 1 aliphatic carbocycles. The van der Waals surface area contributed by atoms with E-state index in [4.69, 9.17) is 8.83 Å². The zero-order chi connectivity index (χ0) is 17.2. The maximum Gasteiger partial charge on any atom is 0.318 e. The van der Waals surface area contributed by atoms with Crippen molar-refractivity contribution < 1.29 is 13.6 Å². The summed E-state index contributed by atoms with van der Waals surface area (Å²) in [7, 11) is 0. The topological polar surface area (TPSA) is 100 Å². The van der Waals surface area contributed by atoms with Crippen LogP contribution in [0.2, 0.25) is 0 Å². The highest BCUT2D eigenvalue weighted by Crippen LogP contribution is 2.34. The third-order valence-corrected chi connectivity index (χ3v) is 4.23. The Labute approximate surface area is 144 Å². The van der Waals surface area contributed by atoms with E-state index >= 15 is 0 Å². The zero-order valence-electron chi connectivity index (χ0n) is 13.8. The second-order valence-electron chi connectivity index (χ2n) is 6.07. The number of hydrogen-bond acceptors (Lipinski definition) is 5. The van der Waals surface area contributed by atoms with Gasteiger partial charge >= 0.3 is 6.03 Å². The lowest BCUT2D eigenvalue weighted by Gasteiger charge is -2.28. The molecule has 0 radical (unpaired) electrons. The molecule has 1 aliphatic rings. The minimum Gasteiger partial charge on any atom is -0.467 e. The standard InChI is InChI=1S/C17H19N5O3/c1-11(13-4-2-8-24-13)22(12-6-7-12)17(23)18-10-15-19-16(21-20-15)14-5-3-9-25-14/h2-5,8-9,11-12H,6-7,10H2,1H3,(H,18,23)(H,19,20,21)/t11-/m1/s1. The van der Waals surface area contributed by atoms with Crippen molar-refractivity contribution in [2.75, 3.05) is 0 Å². The van der Waals surface area contributed by atoms with Crippen LogP contribution in [-0.2, 0) is 6.54 Å². The van der Waals surface area contributed by atoms with Gasteiger partial charge in [-0.25, -0.2) is 9.78 Å². The van der Waals surface area contributed by atoms with E-state index in [1.807, 2.05) is 24.0 Å². The lowest BCUT2D eigenvalue weighted by molar-refractivity contribution is 0.165. The molecule has 8 nitrogen and oxygen atoms in total. The van der Waals surface area contributed by atoms with E-state index in [1.165, 1.54) is 0 Å². The Morgan fingerprint density at radius 3 is 2.84 bits per heavy atom. The van der Waals surface area contributed by atoms with Gasteiger partial charge in [0.1, 0.15) is 11.6 Å². The molecule has 4 rings (SSSR count). The number of aromatic amines is 1. The van der Waals surface area contributed by atoms with E-state index in [0.717, 1.165) is 18.6 Å². The summed E-state index contributed by atoms with van der Waals surface area (Å²) in [5.41, 5.74) is 0. The van der Waals surface area contributed by atoms with Crippen LogP contribution in [0.5, 0.6) is 0 Å². The average Bonchev–Trinajstić information content (AvgIpc) is 3.11. The van der Waals surface area contributed by atoms with E-state index in [1.54, 1.807) is 24.7 Å². The highest BCUT2D eigenvalue weighted by Gasteiger charge is 2.37. The summed E-state index contributed by atoms with van der Waals surface area (Å²) in [5, 5.41) is 9.81. The maximum atomic E-state index is 12.7. The Balaban J connectivity index is 1.40. The van der Waals surface area contributed by atoms with Gasteiger partial charge in [0, 0.05) is 6.04 Å². The Hall–Kier alpha value is -3.03. The first-order valence-electron chi connectivity index (χ1n) is 8.27. The van der Waals surface area contributed by atoms with E-state index in [9.17, 15) is 4.79 Å². The van der Waals surface area contributed by atoms with E-state index in [-0.39, 0.29) is 24.7 Å². The Bertz CT molecular complexity index is 820. The van der Waals surface area contributed by atoms with Crippen LogP contribution in [0.3, 0.4) is 0 Å². The molecule has 8 heteroatoms. The fourth-order valence-corrected chi connectivity index (χ4v) is 2.82. The number of amides is 2. The van der Waals surface area contributed by atoms with Crippen molar-refractivity contribution in [3.8, 4) is 11.6 Å². The van der Waals surface area contributed by atoms with Gasteiger partial charge < -0.3 is 19.1 Å². The monoisotopic (exact) mass is 341 g/mol. The van der Waals surface area contributed by atoms with Crippen molar-refractivity contribution in [1.82, 2.24) is 25.4 Å². The predicted molar refractivity (Wildman–Crippen MR) is 88.3 cm³/mol. The third kappa shape index (κ3) is 3.28. The van der Waals surface area contributed by atoms with Gasteiger partial charge in [-0.3, -0.25) is 5.10 Å². The Kier molecular flexibility index (Phi) is 4.01. The maximum absolute atomic E-state index is 12.7. The molecule has 1 fully saturated rings. The van der Waals surface area contributed by atoms with E-state index in [0.29, 0.717) is 17.4 Å². The molecule has 3 aromatic rings. The lowest BCUT2D eigenvalue weighted by Crippen LogP contribution is -2.42. The first-order valence-corrected chi connectivity index (χ1v) is 8.27. The van der Waals surface area contributed by atoms with Crippen molar-refractivity contribution >= 4 is 6.03 Å². The minimum absolute atomic E-state index is 0.115. The molecule has 130 valence electrons. The zero-order valence-corrected chi connectivity index (χ0v) is 13.8. The highest BCUT2D eigenvalue weighted by atomic mass is 16.3. The van der Waals surface area contributed by atoms with Crippen molar-refractivity contribution in [3.05, 3.63) is 48.4 Å². The molecule has 0 spiro atoms. The van der Waals surface area contributed by atoms with Gasteiger partial charge in [-0.2, -0.15) is 0 Å². The van der Waals surface area contributed by atoms with Crippen molar-refractivity contribution in [2.45, 2.75) is 38.4 Å². The van der Waals surface area contributed by atoms with Crippen LogP contribution >= 0.6 is 0 Å². The fraction of sp³-hybridized carbons (Fsp3) is 0.353.